The third kappa shape index (κ3) is 3.24. The lowest BCUT2D eigenvalue weighted by molar-refractivity contribution is 0.334. The van der Waals surface area contributed by atoms with Crippen LogP contribution in [-0.2, 0) is 6.42 Å². The molecule has 0 bridgehead atoms. The van der Waals surface area contributed by atoms with Crippen LogP contribution in [0, 0.1) is 0 Å². The van der Waals surface area contributed by atoms with Gasteiger partial charge in [-0.15, -0.1) is 0 Å². The van der Waals surface area contributed by atoms with Crippen molar-refractivity contribution in [1.29, 1.82) is 0 Å². The second kappa shape index (κ2) is 5.90. The molecule has 0 aliphatic carbocycles. The van der Waals surface area contributed by atoms with Crippen molar-refractivity contribution in [3.63, 3.8) is 0 Å². The minimum atomic E-state index is 0.971. The van der Waals surface area contributed by atoms with Gasteiger partial charge in [0.2, 0.25) is 0 Å². The first kappa shape index (κ1) is 11.5. The smallest absolute Gasteiger partial charge is 0.119 e. The van der Waals surface area contributed by atoms with Crippen LogP contribution in [0.3, 0.4) is 0 Å². The van der Waals surface area contributed by atoms with Gasteiger partial charge >= 0.3 is 0 Å². The number of benzene rings is 1. The van der Waals surface area contributed by atoms with Crippen LogP contribution in [0.4, 0.5) is 0 Å². The first-order valence-electron chi connectivity index (χ1n) is 6.24. The van der Waals surface area contributed by atoms with Gasteiger partial charge in [-0.05, 0) is 63.0 Å². The molecule has 1 fully saturated rings. The predicted octanol–water partition coefficient (Wildman–Crippen LogP) is 2.72. The number of nitrogens with zero attached hydrogens (tertiary/aromatic N) is 1. The molecule has 0 N–H and O–H groups in total. The number of hydrogen-bond donors (Lipinski definition) is 0. The summed E-state index contributed by atoms with van der Waals surface area (Å²) in [5.41, 5.74) is 1.39. The Labute approximate surface area is 98.2 Å². The van der Waals surface area contributed by atoms with Crippen molar-refractivity contribution < 1.29 is 4.74 Å². The summed E-state index contributed by atoms with van der Waals surface area (Å²) in [6.45, 7) is 3.85. The SMILES string of the molecule is COc1cccc(CCCN2CCCC2)c1. The average Bonchev–Trinajstić information content (AvgIpc) is 2.82. The molecule has 1 saturated heterocycles. The summed E-state index contributed by atoms with van der Waals surface area (Å²) >= 11 is 0. The Balaban J connectivity index is 1.75. The molecule has 0 spiro atoms. The van der Waals surface area contributed by atoms with Gasteiger partial charge in [0.05, 0.1) is 7.11 Å². The zero-order valence-electron chi connectivity index (χ0n) is 10.1. The highest BCUT2D eigenvalue weighted by Gasteiger charge is 2.10. The van der Waals surface area contributed by atoms with E-state index in [-0.39, 0.29) is 0 Å². The third-order valence-corrected chi connectivity index (χ3v) is 3.27. The van der Waals surface area contributed by atoms with Crippen molar-refractivity contribution in [3.05, 3.63) is 29.8 Å². The largest absolute Gasteiger partial charge is 0.497 e. The monoisotopic (exact) mass is 219 g/mol. The zero-order valence-corrected chi connectivity index (χ0v) is 10.1. The third-order valence-electron chi connectivity index (χ3n) is 3.27. The Hall–Kier alpha value is -1.02. The summed E-state index contributed by atoms with van der Waals surface area (Å²) in [6, 6.07) is 8.41. The first-order valence-corrected chi connectivity index (χ1v) is 6.24. The number of aryl methyl sites for hydroxylation is 1. The summed E-state index contributed by atoms with van der Waals surface area (Å²) in [5, 5.41) is 0. The van der Waals surface area contributed by atoms with Crippen LogP contribution in [0.1, 0.15) is 24.8 Å². The van der Waals surface area contributed by atoms with E-state index in [4.69, 9.17) is 4.74 Å². The van der Waals surface area contributed by atoms with Crippen LogP contribution in [0.5, 0.6) is 5.75 Å². The number of hydrogen-bond acceptors (Lipinski definition) is 2. The number of rotatable bonds is 5. The fraction of sp³-hybridized carbons (Fsp3) is 0.571. The molecular weight excluding hydrogens is 198 g/mol. The van der Waals surface area contributed by atoms with E-state index in [9.17, 15) is 0 Å². The maximum atomic E-state index is 5.22. The summed E-state index contributed by atoms with van der Waals surface area (Å²) in [6.07, 6.45) is 5.19. The van der Waals surface area contributed by atoms with E-state index < -0.39 is 0 Å². The van der Waals surface area contributed by atoms with Crippen molar-refractivity contribution in [3.8, 4) is 5.75 Å². The summed E-state index contributed by atoms with van der Waals surface area (Å²) < 4.78 is 5.22. The topological polar surface area (TPSA) is 12.5 Å². The highest BCUT2D eigenvalue weighted by atomic mass is 16.5. The van der Waals surface area contributed by atoms with Gasteiger partial charge in [0.1, 0.15) is 5.75 Å². The molecule has 2 nitrogen and oxygen atoms in total. The Kier molecular flexibility index (Phi) is 4.23. The maximum Gasteiger partial charge on any atom is 0.119 e. The average molecular weight is 219 g/mol. The van der Waals surface area contributed by atoms with E-state index in [2.05, 4.69) is 23.1 Å². The lowest BCUT2D eigenvalue weighted by Gasteiger charge is -2.14. The van der Waals surface area contributed by atoms with Crippen molar-refractivity contribution in [2.24, 2.45) is 0 Å². The second-order valence-electron chi connectivity index (χ2n) is 4.50. The van der Waals surface area contributed by atoms with E-state index in [1.807, 2.05) is 6.07 Å². The van der Waals surface area contributed by atoms with Crippen LogP contribution in [0.2, 0.25) is 0 Å². The molecule has 1 aromatic rings. The number of ether oxygens (including phenoxy) is 1. The highest BCUT2D eigenvalue weighted by molar-refractivity contribution is 5.28. The van der Waals surface area contributed by atoms with Gasteiger partial charge in [0, 0.05) is 0 Å². The van der Waals surface area contributed by atoms with Crippen molar-refractivity contribution in [1.82, 2.24) is 4.90 Å². The molecule has 1 aliphatic rings. The first-order chi connectivity index (χ1) is 7.88. The van der Waals surface area contributed by atoms with Gasteiger partial charge in [-0.3, -0.25) is 0 Å². The highest BCUT2D eigenvalue weighted by Crippen LogP contribution is 2.15. The van der Waals surface area contributed by atoms with Gasteiger partial charge in [-0.2, -0.15) is 0 Å². The minimum Gasteiger partial charge on any atom is -0.497 e. The van der Waals surface area contributed by atoms with E-state index in [1.54, 1.807) is 7.11 Å². The predicted molar refractivity (Wildman–Crippen MR) is 67.0 cm³/mol. The Morgan fingerprint density at radius 3 is 2.81 bits per heavy atom. The van der Waals surface area contributed by atoms with E-state index >= 15 is 0 Å². The zero-order chi connectivity index (χ0) is 11.2. The summed E-state index contributed by atoms with van der Waals surface area (Å²) in [4.78, 5) is 2.57. The van der Waals surface area contributed by atoms with Crippen LogP contribution >= 0.6 is 0 Å². The van der Waals surface area contributed by atoms with Crippen molar-refractivity contribution in [2.45, 2.75) is 25.7 Å². The molecule has 2 rings (SSSR count). The van der Waals surface area contributed by atoms with Crippen LogP contribution in [0.15, 0.2) is 24.3 Å². The summed E-state index contributed by atoms with van der Waals surface area (Å²) in [7, 11) is 1.73. The molecule has 0 unspecified atom stereocenters. The fourth-order valence-corrected chi connectivity index (χ4v) is 2.34. The molecule has 1 heterocycles. The van der Waals surface area contributed by atoms with Crippen molar-refractivity contribution >= 4 is 0 Å². The molecular formula is C14H21NO. The molecule has 0 atom stereocenters. The lowest BCUT2D eigenvalue weighted by Crippen LogP contribution is -2.20. The summed E-state index contributed by atoms with van der Waals surface area (Å²) in [5.74, 6) is 0.971. The molecule has 16 heavy (non-hydrogen) atoms. The van der Waals surface area contributed by atoms with Gasteiger partial charge in [0.15, 0.2) is 0 Å². The lowest BCUT2D eigenvalue weighted by atomic mass is 10.1. The van der Waals surface area contributed by atoms with Crippen molar-refractivity contribution in [2.75, 3.05) is 26.7 Å². The van der Waals surface area contributed by atoms with Gasteiger partial charge in [-0.25, -0.2) is 0 Å². The molecule has 1 aromatic carbocycles. The second-order valence-corrected chi connectivity index (χ2v) is 4.50. The number of methoxy groups -OCH3 is 1. The molecule has 1 aliphatic heterocycles. The van der Waals surface area contributed by atoms with E-state index in [1.165, 1.54) is 44.5 Å². The van der Waals surface area contributed by atoms with Crippen LogP contribution in [0.25, 0.3) is 0 Å². The molecule has 0 radical (unpaired) electrons. The molecule has 0 saturated carbocycles. The van der Waals surface area contributed by atoms with Gasteiger partial charge < -0.3 is 9.64 Å². The number of likely N-dealkylation sites (tertiary alicyclic amines) is 1. The van der Waals surface area contributed by atoms with E-state index in [0.29, 0.717) is 0 Å². The molecule has 88 valence electrons. The Morgan fingerprint density at radius 2 is 2.06 bits per heavy atom. The molecule has 0 aromatic heterocycles. The van der Waals surface area contributed by atoms with Gasteiger partial charge in [0.25, 0.3) is 0 Å². The quantitative estimate of drug-likeness (QED) is 0.755. The fourth-order valence-electron chi connectivity index (χ4n) is 2.34. The van der Waals surface area contributed by atoms with E-state index in [0.717, 1.165) is 12.2 Å². The Morgan fingerprint density at radius 1 is 1.25 bits per heavy atom. The van der Waals surface area contributed by atoms with Crippen LogP contribution < -0.4 is 4.74 Å². The van der Waals surface area contributed by atoms with Crippen LogP contribution in [-0.4, -0.2) is 31.6 Å². The standard InChI is InChI=1S/C14H21NO/c1-16-14-8-4-6-13(12-14)7-5-11-15-9-2-3-10-15/h4,6,8,12H,2-3,5,7,9-11H2,1H3. The molecule has 0 amide bonds. The van der Waals surface area contributed by atoms with Gasteiger partial charge in [-0.1, -0.05) is 12.1 Å². The maximum absolute atomic E-state index is 5.22. The minimum absolute atomic E-state index is 0.971. The molecule has 2 heteroatoms. The normalized spacial score (nSPS) is 16.6. The Bertz CT molecular complexity index is 318.